The molecule has 0 unspecified atom stereocenters. The summed E-state index contributed by atoms with van der Waals surface area (Å²) in [5.41, 5.74) is 12.8. The third-order valence-corrected chi connectivity index (χ3v) is 3.43. The molecule has 0 spiro atoms. The maximum Gasteiger partial charge on any atom is 0.0320 e. The minimum atomic E-state index is 0.795. The fourth-order valence-corrected chi connectivity index (χ4v) is 2.42. The number of benzene rings is 3. The molecule has 0 atom stereocenters. The Labute approximate surface area is 147 Å². The van der Waals surface area contributed by atoms with E-state index in [-0.39, 0.29) is 0 Å². The molecule has 1 nitrogen and oxygen atoms in total. The zero-order valence-corrected chi connectivity index (χ0v) is 15.5. The van der Waals surface area contributed by atoms with Gasteiger partial charge in [-0.05, 0) is 47.4 Å². The van der Waals surface area contributed by atoms with Crippen LogP contribution in [-0.2, 0) is 0 Å². The van der Waals surface area contributed by atoms with E-state index in [9.17, 15) is 0 Å². The van der Waals surface area contributed by atoms with E-state index in [0.29, 0.717) is 0 Å². The minimum Gasteiger partial charge on any atom is -0.399 e. The Morgan fingerprint density at radius 2 is 0.958 bits per heavy atom. The summed E-state index contributed by atoms with van der Waals surface area (Å²) < 4.78 is 0. The van der Waals surface area contributed by atoms with Crippen LogP contribution in [0.15, 0.2) is 72.8 Å². The van der Waals surface area contributed by atoms with E-state index in [1.165, 1.54) is 22.3 Å². The Hall–Kier alpha value is -2.54. The van der Waals surface area contributed by atoms with Gasteiger partial charge in [0.1, 0.15) is 0 Å². The van der Waals surface area contributed by atoms with Crippen molar-refractivity contribution in [3.05, 3.63) is 78.4 Å². The van der Waals surface area contributed by atoms with E-state index < -0.39 is 0 Å². The van der Waals surface area contributed by atoms with Gasteiger partial charge in [-0.25, -0.2) is 0 Å². The number of nitrogens with two attached hydrogens (primary N) is 1. The molecule has 0 aliphatic carbocycles. The lowest BCUT2D eigenvalue weighted by Gasteiger charge is -2.07. The van der Waals surface area contributed by atoms with Crippen molar-refractivity contribution >= 4 is 5.69 Å². The summed E-state index contributed by atoms with van der Waals surface area (Å²) in [6, 6.07) is 25.1. The van der Waals surface area contributed by atoms with Crippen molar-refractivity contribution in [2.24, 2.45) is 0 Å². The molecule has 0 saturated carbocycles. The molecule has 0 bridgehead atoms. The monoisotopic (exact) mass is 319 g/mol. The fourth-order valence-electron chi connectivity index (χ4n) is 2.42. The largest absolute Gasteiger partial charge is 0.399 e. The Kier molecular flexibility index (Phi) is 8.35. The van der Waals surface area contributed by atoms with Crippen molar-refractivity contribution in [1.29, 1.82) is 0 Å². The van der Waals surface area contributed by atoms with Crippen molar-refractivity contribution in [1.82, 2.24) is 0 Å². The molecule has 24 heavy (non-hydrogen) atoms. The SMILES string of the molecule is CC.CC.Cc1cccc(-c2cccc(-c3cccc(N)c3)c2)c1. The van der Waals surface area contributed by atoms with E-state index in [1.807, 2.05) is 45.9 Å². The first-order chi connectivity index (χ1) is 11.7. The molecule has 3 rings (SSSR count). The maximum atomic E-state index is 5.86. The average Bonchev–Trinajstić information content (AvgIpc) is 2.65. The number of aryl methyl sites for hydroxylation is 1. The first-order valence-corrected chi connectivity index (χ1v) is 8.75. The molecule has 0 aliphatic rings. The summed E-state index contributed by atoms with van der Waals surface area (Å²) in [6.45, 7) is 10.1. The maximum absolute atomic E-state index is 5.86. The third kappa shape index (κ3) is 5.27. The Morgan fingerprint density at radius 1 is 0.542 bits per heavy atom. The molecule has 0 fully saturated rings. The van der Waals surface area contributed by atoms with E-state index in [0.717, 1.165) is 11.3 Å². The molecular weight excluding hydrogens is 290 g/mol. The smallest absolute Gasteiger partial charge is 0.0320 e. The highest BCUT2D eigenvalue weighted by atomic mass is 14.5. The quantitative estimate of drug-likeness (QED) is 0.507. The van der Waals surface area contributed by atoms with Crippen LogP contribution in [0.25, 0.3) is 22.3 Å². The van der Waals surface area contributed by atoms with Gasteiger partial charge in [0.15, 0.2) is 0 Å². The Balaban J connectivity index is 0.000000671. The van der Waals surface area contributed by atoms with Crippen LogP contribution in [0.2, 0.25) is 0 Å². The average molecular weight is 319 g/mol. The predicted octanol–water partition coefficient (Wildman–Crippen LogP) is 6.96. The summed E-state index contributed by atoms with van der Waals surface area (Å²) in [6.07, 6.45) is 0. The number of rotatable bonds is 2. The van der Waals surface area contributed by atoms with Gasteiger partial charge in [-0.2, -0.15) is 0 Å². The van der Waals surface area contributed by atoms with Gasteiger partial charge in [-0.1, -0.05) is 87.9 Å². The van der Waals surface area contributed by atoms with Crippen molar-refractivity contribution < 1.29 is 0 Å². The van der Waals surface area contributed by atoms with Crippen LogP contribution >= 0.6 is 0 Å². The van der Waals surface area contributed by atoms with Crippen LogP contribution in [0.1, 0.15) is 33.3 Å². The summed E-state index contributed by atoms with van der Waals surface area (Å²) in [7, 11) is 0. The highest BCUT2D eigenvalue weighted by molar-refractivity contribution is 5.74. The Bertz CT molecular complexity index is 684. The van der Waals surface area contributed by atoms with Gasteiger partial charge in [-0.15, -0.1) is 0 Å². The number of hydrogen-bond acceptors (Lipinski definition) is 1. The molecule has 0 heterocycles. The second-order valence-corrected chi connectivity index (χ2v) is 5.08. The molecule has 126 valence electrons. The molecule has 1 heteroatoms. The van der Waals surface area contributed by atoms with Crippen molar-refractivity contribution in [2.75, 3.05) is 5.73 Å². The Morgan fingerprint density at radius 3 is 1.46 bits per heavy atom. The standard InChI is InChI=1S/C19H17N.2C2H6/c1-14-5-2-6-15(11-14)16-7-3-8-17(12-16)18-9-4-10-19(20)13-18;2*1-2/h2-13H,20H2,1H3;2*1-2H3. The molecule has 0 aromatic heterocycles. The molecule has 3 aromatic carbocycles. The lowest BCUT2D eigenvalue weighted by molar-refractivity contribution is 1.47. The van der Waals surface area contributed by atoms with Crippen LogP contribution in [0.5, 0.6) is 0 Å². The van der Waals surface area contributed by atoms with Crippen LogP contribution in [0.4, 0.5) is 5.69 Å². The summed E-state index contributed by atoms with van der Waals surface area (Å²) >= 11 is 0. The van der Waals surface area contributed by atoms with Crippen molar-refractivity contribution in [2.45, 2.75) is 34.6 Å². The van der Waals surface area contributed by atoms with E-state index in [1.54, 1.807) is 0 Å². The third-order valence-electron chi connectivity index (χ3n) is 3.43. The van der Waals surface area contributed by atoms with Gasteiger partial charge in [0.25, 0.3) is 0 Å². The van der Waals surface area contributed by atoms with Crippen molar-refractivity contribution in [3.63, 3.8) is 0 Å². The highest BCUT2D eigenvalue weighted by Gasteiger charge is 2.02. The molecule has 2 N–H and O–H groups in total. The summed E-state index contributed by atoms with van der Waals surface area (Å²) in [5, 5.41) is 0. The van der Waals surface area contributed by atoms with E-state index in [4.69, 9.17) is 5.73 Å². The van der Waals surface area contributed by atoms with E-state index >= 15 is 0 Å². The number of anilines is 1. The topological polar surface area (TPSA) is 26.0 Å². The second-order valence-electron chi connectivity index (χ2n) is 5.08. The second kappa shape index (κ2) is 10.3. The molecule has 0 aliphatic heterocycles. The zero-order chi connectivity index (χ0) is 17.9. The van der Waals surface area contributed by atoms with Crippen LogP contribution in [-0.4, -0.2) is 0 Å². The van der Waals surface area contributed by atoms with Gasteiger partial charge in [0, 0.05) is 5.69 Å². The number of nitrogen functional groups attached to an aromatic ring is 1. The lowest BCUT2D eigenvalue weighted by Crippen LogP contribution is -1.86. The molecule has 3 aromatic rings. The first kappa shape index (κ1) is 19.5. The minimum absolute atomic E-state index is 0.795. The molecule has 0 amide bonds. The highest BCUT2D eigenvalue weighted by Crippen LogP contribution is 2.27. The van der Waals surface area contributed by atoms with Gasteiger partial charge in [0.2, 0.25) is 0 Å². The molecule has 0 saturated heterocycles. The van der Waals surface area contributed by atoms with E-state index in [2.05, 4.69) is 61.5 Å². The van der Waals surface area contributed by atoms with Gasteiger partial charge in [0.05, 0.1) is 0 Å². The molecule has 0 radical (unpaired) electrons. The van der Waals surface area contributed by atoms with Crippen LogP contribution in [0, 0.1) is 6.92 Å². The van der Waals surface area contributed by atoms with Crippen LogP contribution < -0.4 is 5.73 Å². The normalized spacial score (nSPS) is 9.21. The van der Waals surface area contributed by atoms with Gasteiger partial charge in [-0.3, -0.25) is 0 Å². The van der Waals surface area contributed by atoms with Crippen LogP contribution in [0.3, 0.4) is 0 Å². The fraction of sp³-hybridized carbons (Fsp3) is 0.217. The number of hydrogen-bond donors (Lipinski definition) is 1. The summed E-state index contributed by atoms with van der Waals surface area (Å²) in [5.74, 6) is 0. The zero-order valence-electron chi connectivity index (χ0n) is 15.5. The molecular formula is C23H29N. The van der Waals surface area contributed by atoms with Crippen molar-refractivity contribution in [3.8, 4) is 22.3 Å². The predicted molar refractivity (Wildman–Crippen MR) is 109 cm³/mol. The lowest BCUT2D eigenvalue weighted by atomic mass is 9.98. The summed E-state index contributed by atoms with van der Waals surface area (Å²) in [4.78, 5) is 0. The van der Waals surface area contributed by atoms with Gasteiger partial charge >= 0.3 is 0 Å². The first-order valence-electron chi connectivity index (χ1n) is 8.75. The van der Waals surface area contributed by atoms with Gasteiger partial charge < -0.3 is 5.73 Å².